The second kappa shape index (κ2) is 9.49. The SMILES string of the molecule is Cc1ccc(C(=O)C2C(=O)c3cccc(N)c3C2=O)cc1.O=C(Cl)Cc1ccc2c(c1)OCO2. The van der Waals surface area contributed by atoms with Gasteiger partial charge in [0.1, 0.15) is 5.92 Å². The molecule has 0 bridgehead atoms. The predicted octanol–water partition coefficient (Wildman–Crippen LogP) is 4.18. The highest BCUT2D eigenvalue weighted by Gasteiger charge is 2.44. The maximum atomic E-state index is 12.5. The minimum absolute atomic E-state index is 0.174. The summed E-state index contributed by atoms with van der Waals surface area (Å²) in [6, 6.07) is 16.9. The van der Waals surface area contributed by atoms with Gasteiger partial charge in [-0.2, -0.15) is 0 Å². The number of carbonyl (C=O) groups excluding carboxylic acids is 4. The van der Waals surface area contributed by atoms with Gasteiger partial charge in [0.25, 0.3) is 0 Å². The number of ether oxygens (including phenoxy) is 2. The summed E-state index contributed by atoms with van der Waals surface area (Å²) in [4.78, 5) is 47.8. The molecule has 34 heavy (non-hydrogen) atoms. The fourth-order valence-electron chi connectivity index (χ4n) is 3.80. The molecule has 0 radical (unpaired) electrons. The number of nitrogen functional groups attached to an aromatic ring is 1. The molecule has 0 amide bonds. The van der Waals surface area contributed by atoms with E-state index in [1.807, 2.05) is 6.92 Å². The molecule has 1 aliphatic carbocycles. The van der Waals surface area contributed by atoms with Crippen LogP contribution < -0.4 is 15.2 Å². The molecule has 172 valence electrons. The molecule has 7 nitrogen and oxygen atoms in total. The Morgan fingerprint density at radius 1 is 0.971 bits per heavy atom. The van der Waals surface area contributed by atoms with E-state index in [1.165, 1.54) is 6.07 Å². The quantitative estimate of drug-likeness (QED) is 0.259. The molecule has 2 N–H and O–H groups in total. The van der Waals surface area contributed by atoms with Crippen LogP contribution >= 0.6 is 11.6 Å². The Hall–Kier alpha value is -3.97. The lowest BCUT2D eigenvalue weighted by Crippen LogP contribution is -2.25. The first-order chi connectivity index (χ1) is 16.3. The summed E-state index contributed by atoms with van der Waals surface area (Å²) in [5.74, 6) is -1.35. The largest absolute Gasteiger partial charge is 0.454 e. The Morgan fingerprint density at radius 3 is 2.35 bits per heavy atom. The Bertz CT molecular complexity index is 1320. The van der Waals surface area contributed by atoms with Crippen LogP contribution in [-0.2, 0) is 11.2 Å². The molecule has 8 heteroatoms. The maximum Gasteiger partial charge on any atom is 0.231 e. The lowest BCUT2D eigenvalue weighted by molar-refractivity contribution is -0.111. The van der Waals surface area contributed by atoms with Crippen molar-refractivity contribution in [1.82, 2.24) is 0 Å². The number of anilines is 1. The zero-order valence-electron chi connectivity index (χ0n) is 18.2. The van der Waals surface area contributed by atoms with E-state index in [-0.39, 0.29) is 35.3 Å². The molecule has 0 spiro atoms. The van der Waals surface area contributed by atoms with Gasteiger partial charge in [-0.05, 0) is 42.3 Å². The Labute approximate surface area is 200 Å². The van der Waals surface area contributed by atoms with Crippen LogP contribution in [-0.4, -0.2) is 29.4 Å². The standard InChI is InChI=1S/C17H13NO3.C9H7ClO3/c1-9-5-7-10(8-6-9)15(19)14-16(20)11-3-2-4-12(18)13(11)17(14)21;10-9(11)4-6-1-2-7-8(3-6)13-5-12-7/h2-8,14H,18H2,1H3;1-3H,4-5H2. The number of Topliss-reactive ketones (excluding diaryl/α,β-unsaturated/α-hetero) is 3. The molecule has 0 saturated heterocycles. The molecular formula is C26H20ClNO6. The van der Waals surface area contributed by atoms with Crippen molar-refractivity contribution in [3.05, 3.63) is 88.5 Å². The average molecular weight is 478 g/mol. The van der Waals surface area contributed by atoms with Crippen molar-refractivity contribution in [3.63, 3.8) is 0 Å². The summed E-state index contributed by atoms with van der Waals surface area (Å²) in [6.45, 7) is 2.14. The topological polar surface area (TPSA) is 113 Å². The Morgan fingerprint density at radius 2 is 1.68 bits per heavy atom. The zero-order valence-corrected chi connectivity index (χ0v) is 18.9. The van der Waals surface area contributed by atoms with Crippen molar-refractivity contribution in [1.29, 1.82) is 0 Å². The van der Waals surface area contributed by atoms with Crippen LogP contribution in [0, 0.1) is 12.8 Å². The van der Waals surface area contributed by atoms with E-state index in [9.17, 15) is 19.2 Å². The summed E-state index contributed by atoms with van der Waals surface area (Å²) in [5.41, 5.74) is 8.62. The lowest BCUT2D eigenvalue weighted by Gasteiger charge is -2.06. The lowest BCUT2D eigenvalue weighted by atomic mass is 9.93. The molecule has 0 saturated carbocycles. The number of benzene rings is 3. The van der Waals surface area contributed by atoms with Crippen LogP contribution in [0.3, 0.4) is 0 Å². The first kappa shape index (κ1) is 23.2. The second-order valence-corrected chi connectivity index (χ2v) is 8.30. The molecule has 2 aliphatic rings. The molecule has 1 atom stereocenters. The van der Waals surface area contributed by atoms with E-state index >= 15 is 0 Å². The minimum atomic E-state index is -1.30. The van der Waals surface area contributed by atoms with Gasteiger partial charge < -0.3 is 15.2 Å². The predicted molar refractivity (Wildman–Crippen MR) is 126 cm³/mol. The third-order valence-electron chi connectivity index (χ3n) is 5.51. The number of ketones is 3. The molecule has 0 aromatic heterocycles. The monoisotopic (exact) mass is 477 g/mol. The third-order valence-corrected chi connectivity index (χ3v) is 5.64. The summed E-state index contributed by atoms with van der Waals surface area (Å²) < 4.78 is 10.3. The van der Waals surface area contributed by atoms with E-state index in [0.717, 1.165) is 11.1 Å². The van der Waals surface area contributed by atoms with Gasteiger partial charge in [-0.1, -0.05) is 48.0 Å². The van der Waals surface area contributed by atoms with Crippen molar-refractivity contribution in [3.8, 4) is 11.5 Å². The fraction of sp³-hybridized carbons (Fsp3) is 0.154. The number of halogens is 1. The van der Waals surface area contributed by atoms with Crippen molar-refractivity contribution in [2.75, 3.05) is 12.5 Å². The number of nitrogens with two attached hydrogens (primary N) is 1. The van der Waals surface area contributed by atoms with E-state index < -0.39 is 23.3 Å². The molecule has 5 rings (SSSR count). The van der Waals surface area contributed by atoms with Crippen LogP contribution in [0.2, 0.25) is 0 Å². The second-order valence-electron chi connectivity index (χ2n) is 7.88. The summed E-state index contributed by atoms with van der Waals surface area (Å²) in [5, 5.41) is -0.376. The third kappa shape index (κ3) is 4.56. The number of rotatable bonds is 4. The van der Waals surface area contributed by atoms with E-state index in [4.69, 9.17) is 26.8 Å². The van der Waals surface area contributed by atoms with Gasteiger partial charge in [0.15, 0.2) is 28.8 Å². The molecular weight excluding hydrogens is 458 g/mol. The smallest absolute Gasteiger partial charge is 0.231 e. The Kier molecular flexibility index (Phi) is 6.47. The highest BCUT2D eigenvalue weighted by Crippen LogP contribution is 2.33. The number of aryl methyl sites for hydroxylation is 1. The van der Waals surface area contributed by atoms with Crippen LogP contribution in [0.5, 0.6) is 11.5 Å². The van der Waals surface area contributed by atoms with Gasteiger partial charge in [-0.25, -0.2) is 0 Å². The number of carbonyl (C=O) groups is 4. The molecule has 1 aliphatic heterocycles. The molecule has 1 unspecified atom stereocenters. The van der Waals surface area contributed by atoms with Gasteiger partial charge in [-0.3, -0.25) is 19.2 Å². The van der Waals surface area contributed by atoms with Crippen LogP contribution in [0.1, 0.15) is 42.2 Å². The Balaban J connectivity index is 0.000000180. The van der Waals surface area contributed by atoms with Crippen LogP contribution in [0.25, 0.3) is 0 Å². The highest BCUT2D eigenvalue weighted by molar-refractivity contribution is 6.63. The molecule has 1 heterocycles. The highest BCUT2D eigenvalue weighted by atomic mass is 35.5. The van der Waals surface area contributed by atoms with Gasteiger partial charge in [0, 0.05) is 23.2 Å². The van der Waals surface area contributed by atoms with E-state index in [2.05, 4.69) is 0 Å². The molecule has 0 fully saturated rings. The van der Waals surface area contributed by atoms with Crippen LogP contribution in [0.15, 0.2) is 60.7 Å². The minimum Gasteiger partial charge on any atom is -0.454 e. The van der Waals surface area contributed by atoms with Gasteiger partial charge in [-0.15, -0.1) is 0 Å². The molecule has 3 aromatic rings. The number of fused-ring (bicyclic) bond motifs is 2. The molecule has 3 aromatic carbocycles. The van der Waals surface area contributed by atoms with Gasteiger partial charge in [0.2, 0.25) is 12.0 Å². The summed E-state index contributed by atoms with van der Waals surface area (Å²) in [7, 11) is 0. The van der Waals surface area contributed by atoms with Crippen molar-refractivity contribution < 1.29 is 28.7 Å². The van der Waals surface area contributed by atoms with Gasteiger partial charge in [0.05, 0.1) is 5.56 Å². The van der Waals surface area contributed by atoms with Crippen LogP contribution in [0.4, 0.5) is 5.69 Å². The summed E-state index contributed by atoms with van der Waals surface area (Å²) >= 11 is 5.25. The zero-order chi connectivity index (χ0) is 24.4. The van der Waals surface area contributed by atoms with E-state index in [1.54, 1.807) is 54.6 Å². The number of hydrogen-bond acceptors (Lipinski definition) is 7. The van der Waals surface area contributed by atoms with E-state index in [0.29, 0.717) is 17.1 Å². The summed E-state index contributed by atoms with van der Waals surface area (Å²) in [6.07, 6.45) is 0.220. The average Bonchev–Trinajstić information content (AvgIpc) is 3.36. The van der Waals surface area contributed by atoms with Crippen molar-refractivity contribution in [2.45, 2.75) is 13.3 Å². The number of hydrogen-bond donors (Lipinski definition) is 1. The van der Waals surface area contributed by atoms with Crippen molar-refractivity contribution in [2.24, 2.45) is 5.92 Å². The maximum absolute atomic E-state index is 12.5. The normalized spacial score (nSPS) is 15.4. The van der Waals surface area contributed by atoms with Gasteiger partial charge >= 0.3 is 0 Å². The first-order valence-corrected chi connectivity index (χ1v) is 10.8. The fourth-order valence-corrected chi connectivity index (χ4v) is 3.96. The first-order valence-electron chi connectivity index (χ1n) is 10.4. The van der Waals surface area contributed by atoms with Crippen molar-refractivity contribution >= 4 is 39.9 Å².